The molecule has 9 nitrogen and oxygen atoms in total. The van der Waals surface area contributed by atoms with Gasteiger partial charge in [0.25, 0.3) is 0 Å². The summed E-state index contributed by atoms with van der Waals surface area (Å²) in [5, 5.41) is 9.31. The lowest BCUT2D eigenvalue weighted by atomic mass is 9.86. The maximum absolute atomic E-state index is 14.4. The first-order chi connectivity index (χ1) is 17.9. The van der Waals surface area contributed by atoms with E-state index in [1.807, 2.05) is 17.0 Å². The lowest BCUT2D eigenvalue weighted by Gasteiger charge is -2.43. The van der Waals surface area contributed by atoms with Gasteiger partial charge >= 0.3 is 6.03 Å². The van der Waals surface area contributed by atoms with Crippen molar-refractivity contribution in [1.29, 1.82) is 0 Å². The van der Waals surface area contributed by atoms with Crippen molar-refractivity contribution >= 4 is 17.8 Å². The van der Waals surface area contributed by atoms with Crippen LogP contribution >= 0.6 is 0 Å². The Morgan fingerprint density at radius 1 is 1.19 bits per heavy atom. The molecule has 5 rings (SSSR count). The van der Waals surface area contributed by atoms with E-state index in [1.54, 1.807) is 22.8 Å². The third-order valence-corrected chi connectivity index (χ3v) is 8.25. The van der Waals surface area contributed by atoms with E-state index in [-0.39, 0.29) is 24.3 Å². The number of aryl methyl sites for hydroxylation is 1. The van der Waals surface area contributed by atoms with Crippen molar-refractivity contribution in [2.24, 2.45) is 0 Å². The number of hydrogen-bond acceptors (Lipinski definition) is 6. The predicted octanol–water partition coefficient (Wildman–Crippen LogP) is 2.08. The molecule has 3 aliphatic rings. The lowest BCUT2D eigenvalue weighted by molar-refractivity contribution is -0.136. The van der Waals surface area contributed by atoms with Gasteiger partial charge in [0.2, 0.25) is 5.91 Å². The highest BCUT2D eigenvalue weighted by Crippen LogP contribution is 2.40. The van der Waals surface area contributed by atoms with Crippen molar-refractivity contribution < 1.29 is 19.1 Å². The molecule has 3 aliphatic heterocycles. The number of nitrogens with one attached hydrogen (secondary N) is 2. The molecule has 0 atom stereocenters. The number of amides is 3. The molecule has 1 aromatic heterocycles. The molecule has 37 heavy (non-hydrogen) atoms. The summed E-state index contributed by atoms with van der Waals surface area (Å²) in [7, 11) is 0. The molecule has 4 heterocycles. The van der Waals surface area contributed by atoms with E-state index in [4.69, 9.17) is 4.98 Å². The number of aromatic nitrogens is 1. The molecule has 0 unspecified atom stereocenters. The Hall–Kier alpha value is -3.08. The van der Waals surface area contributed by atoms with Crippen LogP contribution in [0.25, 0.3) is 0 Å². The van der Waals surface area contributed by atoms with Gasteiger partial charge < -0.3 is 14.9 Å². The first kappa shape index (κ1) is 25.6. The van der Waals surface area contributed by atoms with Crippen LogP contribution < -0.4 is 15.8 Å². The van der Waals surface area contributed by atoms with Crippen LogP contribution in [0.3, 0.4) is 0 Å². The highest BCUT2D eigenvalue weighted by Gasteiger charge is 2.52. The number of carbonyl (C=O) groups is 2. The summed E-state index contributed by atoms with van der Waals surface area (Å²) in [4.78, 5) is 36.3. The van der Waals surface area contributed by atoms with E-state index < -0.39 is 12.1 Å². The van der Waals surface area contributed by atoms with Crippen molar-refractivity contribution in [3.63, 3.8) is 0 Å². The summed E-state index contributed by atoms with van der Waals surface area (Å²) in [6.07, 6.45) is 1.91. The summed E-state index contributed by atoms with van der Waals surface area (Å²) in [5.41, 5.74) is 9.30. The van der Waals surface area contributed by atoms with Gasteiger partial charge in [-0.15, -0.1) is 0 Å². The first-order valence-corrected chi connectivity index (χ1v) is 13.0. The molecule has 3 N–H and O–H groups in total. The number of nitrogens with zero attached hydrogens (tertiary/aromatic N) is 4. The summed E-state index contributed by atoms with van der Waals surface area (Å²) >= 11 is 0. The van der Waals surface area contributed by atoms with E-state index in [0.29, 0.717) is 49.8 Å². The van der Waals surface area contributed by atoms with Crippen LogP contribution in [0.15, 0.2) is 30.3 Å². The maximum atomic E-state index is 14.4. The zero-order valence-corrected chi connectivity index (χ0v) is 21.5. The average molecular weight is 511 g/mol. The minimum absolute atomic E-state index is 0.155. The van der Waals surface area contributed by atoms with Crippen LogP contribution in [0.2, 0.25) is 0 Å². The fourth-order valence-electron chi connectivity index (χ4n) is 5.89. The minimum Gasteiger partial charge on any atom is -0.387 e. The number of hydrogen-bond donors (Lipinski definition) is 3. The van der Waals surface area contributed by atoms with Crippen molar-refractivity contribution in [2.45, 2.75) is 51.1 Å². The molecule has 1 aromatic carbocycles. The highest BCUT2D eigenvalue weighted by molar-refractivity contribution is 5.94. The van der Waals surface area contributed by atoms with Gasteiger partial charge in [-0.25, -0.2) is 14.2 Å². The number of likely N-dealkylation sites (tertiary alicyclic amines) is 1. The molecular formula is C27H35FN6O3. The normalized spacial score (nSPS) is 19.9. The Morgan fingerprint density at radius 3 is 2.59 bits per heavy atom. The molecule has 3 amide bonds. The molecule has 0 bridgehead atoms. The molecule has 0 radical (unpaired) electrons. The average Bonchev–Trinajstić information content (AvgIpc) is 3.54. The zero-order chi connectivity index (χ0) is 26.2. The number of pyridine rings is 1. The summed E-state index contributed by atoms with van der Waals surface area (Å²) in [6.45, 7) is 6.60. The summed E-state index contributed by atoms with van der Waals surface area (Å²) < 4.78 is 14.4. The quantitative estimate of drug-likeness (QED) is 0.550. The second-order valence-electron chi connectivity index (χ2n) is 10.3. The van der Waals surface area contributed by atoms with Crippen LogP contribution in [0, 0.1) is 12.7 Å². The molecule has 198 valence electrons. The van der Waals surface area contributed by atoms with Gasteiger partial charge in [0.1, 0.15) is 18.2 Å². The van der Waals surface area contributed by atoms with Crippen molar-refractivity contribution in [3.8, 4) is 0 Å². The van der Waals surface area contributed by atoms with Crippen molar-refractivity contribution in [2.75, 3.05) is 44.2 Å². The Bertz CT molecular complexity index is 1180. The summed E-state index contributed by atoms with van der Waals surface area (Å²) in [6, 6.07) is 8.82. The molecular weight excluding hydrogens is 475 g/mol. The van der Waals surface area contributed by atoms with Gasteiger partial charge in [0, 0.05) is 44.3 Å². The molecule has 1 spiro atoms. The first-order valence-electron chi connectivity index (χ1n) is 13.0. The van der Waals surface area contributed by atoms with Gasteiger partial charge in [0.05, 0.1) is 12.1 Å². The third kappa shape index (κ3) is 4.69. The van der Waals surface area contributed by atoms with Crippen LogP contribution in [0.4, 0.5) is 15.0 Å². The topological polar surface area (TPSA) is 101 Å². The van der Waals surface area contributed by atoms with E-state index in [9.17, 15) is 19.1 Å². The zero-order valence-electron chi connectivity index (χ0n) is 21.5. The molecule has 10 heteroatoms. The molecule has 2 aromatic rings. The van der Waals surface area contributed by atoms with Gasteiger partial charge in [0.15, 0.2) is 0 Å². The van der Waals surface area contributed by atoms with Crippen LogP contribution in [-0.4, -0.2) is 76.7 Å². The fraction of sp³-hybridized carbons (Fsp3) is 0.519. The number of rotatable bonds is 6. The standard InChI is InChI=1S/C27H35FN6O3/c1-3-23-21(20-13-29-30-14-20)7-8-24(31-23)33-17-27(9-11-32(12-10-27)25(36)16-35)34(26(33)37)15-19-5-4-6-22(28)18(19)2/h4-8,20,29-30,35H,3,9-17H2,1-2H3. The van der Waals surface area contributed by atoms with Gasteiger partial charge in [-0.3, -0.25) is 20.5 Å². The lowest BCUT2D eigenvalue weighted by Crippen LogP contribution is -2.55. The Labute approximate surface area is 216 Å². The second kappa shape index (κ2) is 10.4. The van der Waals surface area contributed by atoms with E-state index in [2.05, 4.69) is 23.8 Å². The summed E-state index contributed by atoms with van der Waals surface area (Å²) in [5.74, 6) is 0.359. The second-order valence-corrected chi connectivity index (χ2v) is 10.3. The minimum atomic E-state index is -0.521. The Balaban J connectivity index is 1.47. The van der Waals surface area contributed by atoms with Gasteiger partial charge in [-0.1, -0.05) is 25.1 Å². The number of urea groups is 1. The SMILES string of the molecule is CCc1nc(N2CC3(CCN(C(=O)CO)CC3)N(Cc3cccc(F)c3C)C2=O)ccc1C1CNNC1. The smallest absolute Gasteiger partial charge is 0.326 e. The van der Waals surface area contributed by atoms with Crippen LogP contribution in [-0.2, 0) is 17.8 Å². The monoisotopic (exact) mass is 510 g/mol. The Morgan fingerprint density at radius 2 is 1.92 bits per heavy atom. The number of benzene rings is 1. The molecule has 0 saturated carbocycles. The van der Waals surface area contributed by atoms with Crippen LogP contribution in [0.1, 0.15) is 48.1 Å². The number of aliphatic hydroxyl groups is 1. The van der Waals surface area contributed by atoms with E-state index in [0.717, 1.165) is 30.8 Å². The molecule has 3 saturated heterocycles. The molecule has 0 aliphatic carbocycles. The van der Waals surface area contributed by atoms with Gasteiger partial charge in [-0.05, 0) is 55.0 Å². The largest absolute Gasteiger partial charge is 0.387 e. The van der Waals surface area contributed by atoms with Crippen molar-refractivity contribution in [1.82, 2.24) is 25.6 Å². The number of hydrazine groups is 1. The third-order valence-electron chi connectivity index (χ3n) is 8.25. The van der Waals surface area contributed by atoms with Gasteiger partial charge in [-0.2, -0.15) is 0 Å². The van der Waals surface area contributed by atoms with E-state index in [1.165, 1.54) is 11.6 Å². The maximum Gasteiger partial charge on any atom is 0.326 e. The fourth-order valence-corrected chi connectivity index (χ4v) is 5.89. The Kier molecular flexibility index (Phi) is 7.15. The van der Waals surface area contributed by atoms with Crippen LogP contribution in [0.5, 0.6) is 0 Å². The number of anilines is 1. The van der Waals surface area contributed by atoms with Crippen molar-refractivity contribution in [3.05, 3.63) is 58.5 Å². The number of carbonyl (C=O) groups excluding carboxylic acids is 2. The number of piperidine rings is 1. The predicted molar refractivity (Wildman–Crippen MR) is 137 cm³/mol. The molecule has 3 fully saturated rings. The number of aliphatic hydroxyl groups excluding tert-OH is 1. The highest BCUT2D eigenvalue weighted by atomic mass is 19.1. The van der Waals surface area contributed by atoms with E-state index >= 15 is 0 Å². The number of halogens is 1.